The average molecular weight is 247 g/mol. The highest BCUT2D eigenvalue weighted by Crippen LogP contribution is 2.41. The maximum Gasteiger partial charge on any atom is 0.155 e. The summed E-state index contributed by atoms with van der Waals surface area (Å²) in [5, 5.41) is 2.05. The van der Waals surface area contributed by atoms with E-state index < -0.39 is 0 Å². The fourth-order valence-electron chi connectivity index (χ4n) is 3.48. The molecular formula is C16H23S+. The summed E-state index contributed by atoms with van der Waals surface area (Å²) in [5.74, 6) is 0. The molecule has 0 nitrogen and oxygen atoms in total. The van der Waals surface area contributed by atoms with Crippen LogP contribution in [0.5, 0.6) is 0 Å². The van der Waals surface area contributed by atoms with Crippen LogP contribution in [0.2, 0.25) is 0 Å². The first-order valence-corrected chi connectivity index (χ1v) is 8.54. The quantitative estimate of drug-likeness (QED) is 0.682. The van der Waals surface area contributed by atoms with Crippen LogP contribution in [-0.4, -0.2) is 10.5 Å². The third-order valence-electron chi connectivity index (χ3n) is 4.43. The van der Waals surface area contributed by atoms with Crippen molar-refractivity contribution < 1.29 is 0 Å². The van der Waals surface area contributed by atoms with Gasteiger partial charge in [0.25, 0.3) is 0 Å². The van der Waals surface area contributed by atoms with E-state index in [0.717, 1.165) is 10.5 Å². The molecule has 0 aliphatic carbocycles. The van der Waals surface area contributed by atoms with Gasteiger partial charge in [0, 0.05) is 10.9 Å². The standard InChI is InChI=1S/C16H23S/c1-2-13-9-11-16(12-10-13)17-14-5-3-6-15(17)8-4-7-14/h9-12,14-15H,2-8H2,1H3/q+1. The van der Waals surface area contributed by atoms with E-state index in [4.69, 9.17) is 0 Å². The van der Waals surface area contributed by atoms with Crippen molar-refractivity contribution in [3.8, 4) is 0 Å². The summed E-state index contributed by atoms with van der Waals surface area (Å²) >= 11 is 0. The van der Waals surface area contributed by atoms with E-state index in [9.17, 15) is 0 Å². The summed E-state index contributed by atoms with van der Waals surface area (Å²) in [6.07, 6.45) is 10.1. The van der Waals surface area contributed by atoms with Crippen molar-refractivity contribution >= 4 is 10.9 Å². The van der Waals surface area contributed by atoms with Gasteiger partial charge in [0.1, 0.15) is 10.5 Å². The number of rotatable bonds is 2. The minimum Gasteiger partial charge on any atom is -0.0613 e. The largest absolute Gasteiger partial charge is 0.155 e. The highest BCUT2D eigenvalue weighted by atomic mass is 32.2. The Kier molecular flexibility index (Phi) is 3.46. The molecule has 92 valence electrons. The molecule has 2 bridgehead atoms. The smallest absolute Gasteiger partial charge is 0.0613 e. The van der Waals surface area contributed by atoms with Crippen LogP contribution >= 0.6 is 0 Å². The number of hydrogen-bond acceptors (Lipinski definition) is 0. The van der Waals surface area contributed by atoms with E-state index in [2.05, 4.69) is 31.2 Å². The second-order valence-electron chi connectivity index (χ2n) is 5.48. The van der Waals surface area contributed by atoms with E-state index in [1.807, 2.05) is 0 Å². The van der Waals surface area contributed by atoms with Crippen LogP contribution in [0, 0.1) is 0 Å². The molecule has 1 heteroatoms. The van der Waals surface area contributed by atoms with Crippen LogP contribution in [0.3, 0.4) is 0 Å². The van der Waals surface area contributed by atoms with Gasteiger partial charge in [0.2, 0.25) is 0 Å². The minimum atomic E-state index is 0.586. The van der Waals surface area contributed by atoms with Gasteiger partial charge in [0.05, 0.1) is 0 Å². The molecule has 0 saturated carbocycles. The van der Waals surface area contributed by atoms with Crippen molar-refractivity contribution in [2.45, 2.75) is 67.3 Å². The molecule has 2 heterocycles. The Bertz CT molecular complexity index is 346. The summed E-state index contributed by atoms with van der Waals surface area (Å²) in [4.78, 5) is 1.66. The maximum absolute atomic E-state index is 2.43. The van der Waals surface area contributed by atoms with Crippen molar-refractivity contribution in [1.82, 2.24) is 0 Å². The van der Waals surface area contributed by atoms with E-state index in [-0.39, 0.29) is 0 Å². The first-order chi connectivity index (χ1) is 8.38. The Morgan fingerprint density at radius 3 is 1.94 bits per heavy atom. The van der Waals surface area contributed by atoms with Crippen LogP contribution in [0.1, 0.15) is 51.0 Å². The van der Waals surface area contributed by atoms with Gasteiger partial charge >= 0.3 is 0 Å². The molecule has 0 unspecified atom stereocenters. The molecule has 2 fully saturated rings. The molecule has 0 amide bonds. The van der Waals surface area contributed by atoms with Crippen molar-refractivity contribution in [2.24, 2.45) is 0 Å². The van der Waals surface area contributed by atoms with Gasteiger partial charge in [-0.25, -0.2) is 0 Å². The second kappa shape index (κ2) is 5.06. The van der Waals surface area contributed by atoms with Crippen LogP contribution in [-0.2, 0) is 17.3 Å². The first-order valence-electron chi connectivity index (χ1n) is 7.19. The van der Waals surface area contributed by atoms with Crippen LogP contribution in [0.25, 0.3) is 0 Å². The van der Waals surface area contributed by atoms with Crippen molar-refractivity contribution in [1.29, 1.82) is 0 Å². The zero-order valence-electron chi connectivity index (χ0n) is 10.8. The lowest BCUT2D eigenvalue weighted by atomic mass is 9.99. The van der Waals surface area contributed by atoms with Gasteiger partial charge in [-0.3, -0.25) is 0 Å². The molecule has 1 aromatic carbocycles. The van der Waals surface area contributed by atoms with E-state index in [1.54, 1.807) is 4.90 Å². The normalized spacial score (nSPS) is 32.4. The molecule has 0 radical (unpaired) electrons. The van der Waals surface area contributed by atoms with E-state index in [1.165, 1.54) is 50.5 Å². The fraction of sp³-hybridized carbons (Fsp3) is 0.625. The highest BCUT2D eigenvalue weighted by molar-refractivity contribution is 7.98. The predicted molar refractivity (Wildman–Crippen MR) is 76.7 cm³/mol. The second-order valence-corrected chi connectivity index (χ2v) is 8.02. The van der Waals surface area contributed by atoms with Gasteiger partial charge in [-0.05, 0) is 62.6 Å². The predicted octanol–water partition coefficient (Wildman–Crippen LogP) is 4.33. The summed E-state index contributed by atoms with van der Waals surface area (Å²) in [5.41, 5.74) is 1.49. The molecule has 0 aromatic heterocycles. The summed E-state index contributed by atoms with van der Waals surface area (Å²) < 4.78 is 0. The molecule has 3 rings (SSSR count). The lowest BCUT2D eigenvalue weighted by Crippen LogP contribution is -2.40. The molecule has 0 spiro atoms. The van der Waals surface area contributed by atoms with Crippen molar-refractivity contribution in [3.05, 3.63) is 29.8 Å². The molecule has 1 aromatic rings. The molecular weight excluding hydrogens is 224 g/mol. The van der Waals surface area contributed by atoms with Crippen LogP contribution < -0.4 is 0 Å². The molecule has 2 aliphatic heterocycles. The SMILES string of the molecule is CCc1ccc([S+]2C3CCCC2CCC3)cc1. The lowest BCUT2D eigenvalue weighted by Gasteiger charge is -2.34. The Labute approximate surface area is 108 Å². The first kappa shape index (κ1) is 11.6. The average Bonchev–Trinajstić information content (AvgIpc) is 2.38. The van der Waals surface area contributed by atoms with Gasteiger partial charge in [-0.1, -0.05) is 19.1 Å². The lowest BCUT2D eigenvalue weighted by molar-refractivity contribution is 0.481. The van der Waals surface area contributed by atoms with Crippen molar-refractivity contribution in [2.75, 3.05) is 0 Å². The van der Waals surface area contributed by atoms with Gasteiger partial charge in [0.15, 0.2) is 4.90 Å². The third-order valence-corrected chi connectivity index (χ3v) is 7.62. The molecule has 0 atom stereocenters. The summed E-state index contributed by atoms with van der Waals surface area (Å²) in [6.45, 7) is 2.24. The molecule has 0 N–H and O–H groups in total. The summed E-state index contributed by atoms with van der Waals surface area (Å²) in [7, 11) is 0.586. The maximum atomic E-state index is 2.43. The fourth-order valence-corrected chi connectivity index (χ4v) is 6.93. The molecule has 2 aliphatic rings. The Morgan fingerprint density at radius 1 is 0.941 bits per heavy atom. The Hall–Kier alpha value is -0.430. The number of hydrogen-bond donors (Lipinski definition) is 0. The third kappa shape index (κ3) is 2.27. The monoisotopic (exact) mass is 247 g/mol. The number of aryl methyl sites for hydroxylation is 1. The van der Waals surface area contributed by atoms with E-state index >= 15 is 0 Å². The molecule has 17 heavy (non-hydrogen) atoms. The minimum absolute atomic E-state index is 0.586. The topological polar surface area (TPSA) is 0 Å². The van der Waals surface area contributed by atoms with Crippen molar-refractivity contribution in [3.63, 3.8) is 0 Å². The highest BCUT2D eigenvalue weighted by Gasteiger charge is 2.45. The zero-order chi connectivity index (χ0) is 11.7. The number of benzene rings is 1. The van der Waals surface area contributed by atoms with Crippen LogP contribution in [0.15, 0.2) is 29.2 Å². The van der Waals surface area contributed by atoms with Gasteiger partial charge in [-0.15, -0.1) is 0 Å². The van der Waals surface area contributed by atoms with Crippen LogP contribution in [0.4, 0.5) is 0 Å². The van der Waals surface area contributed by atoms with Gasteiger partial charge < -0.3 is 0 Å². The Morgan fingerprint density at radius 2 is 1.47 bits per heavy atom. The summed E-state index contributed by atoms with van der Waals surface area (Å²) in [6, 6.07) is 9.57. The number of fused-ring (bicyclic) bond motifs is 2. The Balaban J connectivity index is 1.85. The van der Waals surface area contributed by atoms with E-state index in [0.29, 0.717) is 10.9 Å². The molecule has 2 saturated heterocycles. The van der Waals surface area contributed by atoms with Gasteiger partial charge in [-0.2, -0.15) is 0 Å². The zero-order valence-corrected chi connectivity index (χ0v) is 11.6.